The summed E-state index contributed by atoms with van der Waals surface area (Å²) in [6.07, 6.45) is 7.60. The molecule has 0 saturated carbocycles. The summed E-state index contributed by atoms with van der Waals surface area (Å²) in [7, 11) is 0. The quantitative estimate of drug-likeness (QED) is 0.831. The van der Waals surface area contributed by atoms with Crippen LogP contribution < -0.4 is 0 Å². The lowest BCUT2D eigenvalue weighted by Crippen LogP contribution is -2.59. The number of carbonyl (C=O) groups is 1. The molecule has 0 unspecified atom stereocenters. The first-order valence-electron chi connectivity index (χ1n) is 9.81. The van der Waals surface area contributed by atoms with Crippen LogP contribution in [0.1, 0.15) is 37.3 Å². The fourth-order valence-corrected chi connectivity index (χ4v) is 4.10. The predicted molar refractivity (Wildman–Crippen MR) is 102 cm³/mol. The standard InChI is InChI=1S/C21H28N4O/c1-2-18-5-7-19(8-6-18)17-23-15-9-21(10-16-23,25-14-3-11-22-25)20(26)24-12-4-13-24/h3,5-8,11,14H,2,4,9-10,12-13,15-17H2,1H3. The molecule has 2 fully saturated rings. The molecule has 0 N–H and O–H groups in total. The molecule has 2 aliphatic heterocycles. The van der Waals surface area contributed by atoms with Gasteiger partial charge < -0.3 is 4.90 Å². The molecule has 3 heterocycles. The molecule has 0 atom stereocenters. The molecule has 1 aromatic heterocycles. The lowest BCUT2D eigenvalue weighted by atomic mass is 9.85. The van der Waals surface area contributed by atoms with Gasteiger partial charge in [0.15, 0.2) is 0 Å². The van der Waals surface area contributed by atoms with Gasteiger partial charge in [-0.2, -0.15) is 5.10 Å². The summed E-state index contributed by atoms with van der Waals surface area (Å²) in [6.45, 7) is 6.79. The van der Waals surface area contributed by atoms with E-state index in [0.29, 0.717) is 0 Å². The van der Waals surface area contributed by atoms with E-state index in [9.17, 15) is 4.79 Å². The minimum absolute atomic E-state index is 0.263. The zero-order valence-electron chi connectivity index (χ0n) is 15.6. The Labute approximate surface area is 155 Å². The number of piperidine rings is 1. The number of aryl methyl sites for hydroxylation is 1. The Balaban J connectivity index is 1.45. The first kappa shape index (κ1) is 17.3. The van der Waals surface area contributed by atoms with E-state index in [-0.39, 0.29) is 5.91 Å². The van der Waals surface area contributed by atoms with E-state index in [1.165, 1.54) is 11.1 Å². The summed E-state index contributed by atoms with van der Waals surface area (Å²) < 4.78 is 1.92. The highest BCUT2D eigenvalue weighted by atomic mass is 16.2. The van der Waals surface area contributed by atoms with Crippen LogP contribution >= 0.6 is 0 Å². The zero-order chi connectivity index (χ0) is 18.0. The Hall–Kier alpha value is -2.14. The lowest BCUT2D eigenvalue weighted by Gasteiger charge is -2.45. The van der Waals surface area contributed by atoms with Crippen LogP contribution in [0.5, 0.6) is 0 Å². The largest absolute Gasteiger partial charge is 0.340 e. The maximum atomic E-state index is 13.2. The zero-order valence-corrected chi connectivity index (χ0v) is 15.6. The number of nitrogens with zero attached hydrogens (tertiary/aromatic N) is 4. The molecule has 0 spiro atoms. The van der Waals surface area contributed by atoms with Crippen molar-refractivity contribution in [3.8, 4) is 0 Å². The highest BCUT2D eigenvalue weighted by molar-refractivity contribution is 5.85. The second kappa shape index (κ2) is 7.23. The number of likely N-dealkylation sites (tertiary alicyclic amines) is 2. The van der Waals surface area contributed by atoms with Crippen molar-refractivity contribution >= 4 is 5.91 Å². The molecule has 2 saturated heterocycles. The summed E-state index contributed by atoms with van der Waals surface area (Å²) in [5.41, 5.74) is 2.24. The Kier molecular flexibility index (Phi) is 4.81. The van der Waals surface area contributed by atoms with Gasteiger partial charge in [-0.1, -0.05) is 31.2 Å². The fraction of sp³-hybridized carbons (Fsp3) is 0.524. The Morgan fingerprint density at radius 2 is 1.77 bits per heavy atom. The maximum Gasteiger partial charge on any atom is 0.250 e. The van der Waals surface area contributed by atoms with Crippen molar-refractivity contribution in [2.75, 3.05) is 26.2 Å². The van der Waals surface area contributed by atoms with E-state index in [1.807, 2.05) is 21.8 Å². The third kappa shape index (κ3) is 3.16. The molecule has 2 aliphatic rings. The summed E-state index contributed by atoms with van der Waals surface area (Å²) in [4.78, 5) is 17.6. The number of hydrogen-bond acceptors (Lipinski definition) is 3. The van der Waals surface area contributed by atoms with Gasteiger partial charge in [0.2, 0.25) is 0 Å². The van der Waals surface area contributed by atoms with Gasteiger partial charge in [0.25, 0.3) is 5.91 Å². The monoisotopic (exact) mass is 352 g/mol. The Morgan fingerprint density at radius 1 is 1.08 bits per heavy atom. The van der Waals surface area contributed by atoms with Gasteiger partial charge in [-0.3, -0.25) is 14.4 Å². The Morgan fingerprint density at radius 3 is 2.31 bits per heavy atom. The number of rotatable bonds is 5. The second-order valence-electron chi connectivity index (χ2n) is 7.57. The number of carbonyl (C=O) groups excluding carboxylic acids is 1. The van der Waals surface area contributed by atoms with Crippen molar-refractivity contribution < 1.29 is 4.79 Å². The first-order valence-corrected chi connectivity index (χ1v) is 9.81. The van der Waals surface area contributed by atoms with Gasteiger partial charge >= 0.3 is 0 Å². The first-order chi connectivity index (χ1) is 12.7. The number of benzene rings is 1. The summed E-state index contributed by atoms with van der Waals surface area (Å²) in [5, 5.41) is 4.45. The highest BCUT2D eigenvalue weighted by Gasteiger charge is 2.46. The van der Waals surface area contributed by atoms with Crippen LogP contribution in [0.4, 0.5) is 0 Å². The average molecular weight is 352 g/mol. The van der Waals surface area contributed by atoms with Gasteiger partial charge in [-0.05, 0) is 42.9 Å². The minimum Gasteiger partial charge on any atom is -0.340 e. The summed E-state index contributed by atoms with van der Waals surface area (Å²) in [6, 6.07) is 10.8. The van der Waals surface area contributed by atoms with E-state index in [0.717, 1.165) is 58.4 Å². The van der Waals surface area contributed by atoms with Gasteiger partial charge in [0, 0.05) is 45.1 Å². The van der Waals surface area contributed by atoms with Crippen LogP contribution in [0.15, 0.2) is 42.7 Å². The molecule has 26 heavy (non-hydrogen) atoms. The molecular weight excluding hydrogens is 324 g/mol. The van der Waals surface area contributed by atoms with Gasteiger partial charge in [-0.25, -0.2) is 0 Å². The van der Waals surface area contributed by atoms with Gasteiger partial charge in [0.1, 0.15) is 5.54 Å². The van der Waals surface area contributed by atoms with E-state index in [2.05, 4.69) is 41.2 Å². The molecule has 1 aromatic carbocycles. The highest BCUT2D eigenvalue weighted by Crippen LogP contribution is 2.33. The van der Waals surface area contributed by atoms with Crippen LogP contribution in [-0.4, -0.2) is 51.7 Å². The molecule has 138 valence electrons. The lowest BCUT2D eigenvalue weighted by molar-refractivity contribution is -0.148. The Bertz CT molecular complexity index is 726. The van der Waals surface area contributed by atoms with E-state index < -0.39 is 5.54 Å². The molecular formula is C21H28N4O. The minimum atomic E-state index is -0.494. The summed E-state index contributed by atoms with van der Waals surface area (Å²) in [5.74, 6) is 0.263. The molecule has 5 heteroatoms. The van der Waals surface area contributed by atoms with Gasteiger partial charge in [0.05, 0.1) is 0 Å². The third-order valence-electron chi connectivity index (χ3n) is 6.00. The normalized spacial score (nSPS) is 20.0. The molecule has 0 bridgehead atoms. The maximum absolute atomic E-state index is 13.2. The van der Waals surface area contributed by atoms with Crippen molar-refractivity contribution in [3.63, 3.8) is 0 Å². The third-order valence-corrected chi connectivity index (χ3v) is 6.00. The van der Waals surface area contributed by atoms with E-state index in [4.69, 9.17) is 0 Å². The number of amides is 1. The topological polar surface area (TPSA) is 41.4 Å². The van der Waals surface area contributed by atoms with Crippen LogP contribution in [0, 0.1) is 0 Å². The molecule has 4 rings (SSSR count). The smallest absolute Gasteiger partial charge is 0.250 e. The number of hydrogen-bond donors (Lipinski definition) is 0. The van der Waals surface area contributed by atoms with Crippen LogP contribution in [0.25, 0.3) is 0 Å². The SMILES string of the molecule is CCc1ccc(CN2CCC(C(=O)N3CCC3)(n3cccn3)CC2)cc1. The van der Waals surface area contributed by atoms with Gasteiger partial charge in [-0.15, -0.1) is 0 Å². The van der Waals surface area contributed by atoms with Crippen molar-refractivity contribution in [2.45, 2.75) is 44.7 Å². The molecule has 5 nitrogen and oxygen atoms in total. The van der Waals surface area contributed by atoms with Crippen molar-refractivity contribution in [2.24, 2.45) is 0 Å². The van der Waals surface area contributed by atoms with Crippen molar-refractivity contribution in [3.05, 3.63) is 53.9 Å². The fourth-order valence-electron chi connectivity index (χ4n) is 4.10. The second-order valence-corrected chi connectivity index (χ2v) is 7.57. The average Bonchev–Trinajstić information content (AvgIpc) is 3.17. The number of aromatic nitrogens is 2. The van der Waals surface area contributed by atoms with Crippen molar-refractivity contribution in [1.82, 2.24) is 19.6 Å². The predicted octanol–water partition coefficient (Wildman–Crippen LogP) is 2.67. The summed E-state index contributed by atoms with van der Waals surface area (Å²) >= 11 is 0. The molecule has 2 aromatic rings. The molecule has 0 radical (unpaired) electrons. The molecule has 1 amide bonds. The molecule has 0 aliphatic carbocycles. The van der Waals surface area contributed by atoms with Crippen LogP contribution in [0.3, 0.4) is 0 Å². The van der Waals surface area contributed by atoms with E-state index in [1.54, 1.807) is 6.20 Å². The van der Waals surface area contributed by atoms with Crippen LogP contribution in [-0.2, 0) is 23.3 Å². The van der Waals surface area contributed by atoms with Crippen LogP contribution in [0.2, 0.25) is 0 Å². The van der Waals surface area contributed by atoms with E-state index >= 15 is 0 Å². The van der Waals surface area contributed by atoms with Crippen molar-refractivity contribution in [1.29, 1.82) is 0 Å².